The monoisotopic (exact) mass is 330 g/mol. The van der Waals surface area contributed by atoms with E-state index >= 15 is 0 Å². The molecule has 2 aromatic carbocycles. The smallest absolute Gasteiger partial charge is 0.221 e. The minimum absolute atomic E-state index is 0.0972. The first-order valence-corrected chi connectivity index (χ1v) is 8.37. The van der Waals surface area contributed by atoms with Crippen LogP contribution in [0.5, 0.6) is 0 Å². The van der Waals surface area contributed by atoms with E-state index in [1.165, 1.54) is 11.1 Å². The van der Waals surface area contributed by atoms with Crippen LogP contribution in [0.4, 0.5) is 0 Å². The van der Waals surface area contributed by atoms with Gasteiger partial charge in [-0.25, -0.2) is 0 Å². The van der Waals surface area contributed by atoms with Crippen LogP contribution in [0.1, 0.15) is 17.5 Å². The Labute approximate surface area is 143 Å². The lowest BCUT2D eigenvalue weighted by Crippen LogP contribution is -2.29. The molecule has 0 fully saturated rings. The molecule has 2 rings (SSSR count). The van der Waals surface area contributed by atoms with Gasteiger partial charge < -0.3 is 10.6 Å². The number of amides is 1. The van der Waals surface area contributed by atoms with Crippen LogP contribution in [-0.2, 0) is 17.6 Å². The molecule has 0 atom stereocenters. The molecule has 0 aliphatic rings. The lowest BCUT2D eigenvalue weighted by Gasteiger charge is -2.07. The maximum Gasteiger partial charge on any atom is 0.221 e. The molecule has 2 aromatic rings. The molecule has 2 N–H and O–H groups in total. The third-order valence-corrected chi connectivity index (χ3v) is 3.86. The van der Waals surface area contributed by atoms with Crippen LogP contribution >= 0.6 is 11.6 Å². The van der Waals surface area contributed by atoms with Crippen molar-refractivity contribution in [3.63, 3.8) is 0 Å². The standard InChI is InChI=1S/C19H23ClN2O/c20-18-8-6-17(7-9-18)10-13-21-14-12-19(23)22-15-11-16-4-2-1-3-5-16/h1-9,21H,10-15H2,(H,22,23). The summed E-state index contributed by atoms with van der Waals surface area (Å²) in [5.41, 5.74) is 2.49. The van der Waals surface area contributed by atoms with Crippen LogP contribution in [0.15, 0.2) is 54.6 Å². The van der Waals surface area contributed by atoms with Crippen LogP contribution in [-0.4, -0.2) is 25.5 Å². The first-order valence-electron chi connectivity index (χ1n) is 8.00. The van der Waals surface area contributed by atoms with Gasteiger partial charge in [0.25, 0.3) is 0 Å². The molecule has 0 saturated heterocycles. The van der Waals surface area contributed by atoms with Gasteiger partial charge in [-0.1, -0.05) is 54.1 Å². The molecule has 0 bridgehead atoms. The van der Waals surface area contributed by atoms with Crippen molar-refractivity contribution in [3.05, 3.63) is 70.7 Å². The number of nitrogens with one attached hydrogen (secondary N) is 2. The van der Waals surface area contributed by atoms with E-state index in [1.54, 1.807) is 0 Å². The zero-order valence-electron chi connectivity index (χ0n) is 13.2. The van der Waals surface area contributed by atoms with Gasteiger partial charge in [-0.15, -0.1) is 0 Å². The number of hydrogen-bond donors (Lipinski definition) is 2. The lowest BCUT2D eigenvalue weighted by atomic mass is 10.1. The summed E-state index contributed by atoms with van der Waals surface area (Å²) >= 11 is 5.85. The van der Waals surface area contributed by atoms with Crippen molar-refractivity contribution in [2.75, 3.05) is 19.6 Å². The Morgan fingerprint density at radius 1 is 0.826 bits per heavy atom. The molecule has 1 amide bonds. The van der Waals surface area contributed by atoms with Crippen LogP contribution in [0, 0.1) is 0 Å². The van der Waals surface area contributed by atoms with Crippen LogP contribution in [0.25, 0.3) is 0 Å². The third kappa shape index (κ3) is 7.31. The van der Waals surface area contributed by atoms with Gasteiger partial charge in [0.2, 0.25) is 5.91 Å². The molecule has 0 heterocycles. The average Bonchev–Trinajstić information content (AvgIpc) is 2.57. The summed E-state index contributed by atoms with van der Waals surface area (Å²) in [6, 6.07) is 18.0. The number of carbonyl (C=O) groups excluding carboxylic acids is 1. The van der Waals surface area contributed by atoms with E-state index < -0.39 is 0 Å². The van der Waals surface area contributed by atoms with E-state index in [2.05, 4.69) is 22.8 Å². The van der Waals surface area contributed by atoms with Gasteiger partial charge >= 0.3 is 0 Å². The fourth-order valence-corrected chi connectivity index (χ4v) is 2.42. The molecule has 23 heavy (non-hydrogen) atoms. The van der Waals surface area contributed by atoms with Gasteiger partial charge in [0.15, 0.2) is 0 Å². The van der Waals surface area contributed by atoms with Gasteiger partial charge in [-0.2, -0.15) is 0 Å². The minimum atomic E-state index is 0.0972. The highest BCUT2D eigenvalue weighted by Gasteiger charge is 2.00. The van der Waals surface area contributed by atoms with Crippen LogP contribution in [0.3, 0.4) is 0 Å². The van der Waals surface area contributed by atoms with Crippen molar-refractivity contribution in [1.29, 1.82) is 0 Å². The molecule has 0 saturated carbocycles. The van der Waals surface area contributed by atoms with Crippen molar-refractivity contribution in [3.8, 4) is 0 Å². The molecule has 0 aliphatic heterocycles. The van der Waals surface area contributed by atoms with E-state index in [4.69, 9.17) is 11.6 Å². The Bertz CT molecular complexity index is 584. The predicted octanol–water partition coefficient (Wildman–Crippen LogP) is 3.22. The van der Waals surface area contributed by atoms with Crippen molar-refractivity contribution in [2.45, 2.75) is 19.3 Å². The molecule has 3 nitrogen and oxygen atoms in total. The highest BCUT2D eigenvalue weighted by Crippen LogP contribution is 2.09. The maximum absolute atomic E-state index is 11.7. The Balaban J connectivity index is 1.50. The second kappa shape index (κ2) is 10.0. The number of benzene rings is 2. The van der Waals surface area contributed by atoms with Gasteiger partial charge in [-0.3, -0.25) is 4.79 Å². The fraction of sp³-hybridized carbons (Fsp3) is 0.316. The molecule has 0 radical (unpaired) electrons. The normalized spacial score (nSPS) is 10.5. The summed E-state index contributed by atoms with van der Waals surface area (Å²) in [4.78, 5) is 11.7. The van der Waals surface area contributed by atoms with Gasteiger partial charge in [0.1, 0.15) is 0 Å². The van der Waals surface area contributed by atoms with E-state index in [9.17, 15) is 4.79 Å². The van der Waals surface area contributed by atoms with Crippen LogP contribution < -0.4 is 10.6 Å². The van der Waals surface area contributed by atoms with Crippen molar-refractivity contribution >= 4 is 17.5 Å². The highest BCUT2D eigenvalue weighted by molar-refractivity contribution is 6.30. The van der Waals surface area contributed by atoms with E-state index in [-0.39, 0.29) is 5.91 Å². The van der Waals surface area contributed by atoms with Crippen molar-refractivity contribution in [1.82, 2.24) is 10.6 Å². The third-order valence-electron chi connectivity index (χ3n) is 3.61. The molecule has 0 unspecified atom stereocenters. The lowest BCUT2D eigenvalue weighted by molar-refractivity contribution is -0.120. The Morgan fingerprint density at radius 2 is 1.48 bits per heavy atom. The summed E-state index contributed by atoms with van der Waals surface area (Å²) in [7, 11) is 0. The molecular formula is C19H23ClN2O. The Hall–Kier alpha value is -1.84. The first kappa shape index (κ1) is 17.5. The quantitative estimate of drug-likeness (QED) is 0.693. The van der Waals surface area contributed by atoms with Gasteiger partial charge in [-0.05, 0) is 42.6 Å². The van der Waals surface area contributed by atoms with E-state index in [0.717, 1.165) is 24.4 Å². The summed E-state index contributed by atoms with van der Waals surface area (Å²) < 4.78 is 0. The number of halogens is 1. The molecule has 0 aromatic heterocycles. The molecule has 0 spiro atoms. The van der Waals surface area contributed by atoms with Gasteiger partial charge in [0, 0.05) is 24.5 Å². The zero-order chi connectivity index (χ0) is 16.3. The molecular weight excluding hydrogens is 308 g/mol. The minimum Gasteiger partial charge on any atom is -0.356 e. The Kier molecular flexibility index (Phi) is 7.64. The van der Waals surface area contributed by atoms with E-state index in [1.807, 2.05) is 42.5 Å². The SMILES string of the molecule is O=C(CCNCCc1ccc(Cl)cc1)NCCc1ccccc1. The highest BCUT2D eigenvalue weighted by atomic mass is 35.5. The molecule has 0 aliphatic carbocycles. The van der Waals surface area contributed by atoms with Crippen molar-refractivity contribution in [2.24, 2.45) is 0 Å². The van der Waals surface area contributed by atoms with Crippen LogP contribution in [0.2, 0.25) is 5.02 Å². The summed E-state index contributed by atoms with van der Waals surface area (Å²) in [5.74, 6) is 0.0972. The molecule has 4 heteroatoms. The topological polar surface area (TPSA) is 41.1 Å². The summed E-state index contributed by atoms with van der Waals surface area (Å²) in [5, 5.41) is 7.00. The second-order valence-corrected chi connectivity index (χ2v) is 5.90. The summed E-state index contributed by atoms with van der Waals surface area (Å²) in [6.07, 6.45) is 2.32. The van der Waals surface area contributed by atoms with Crippen molar-refractivity contribution < 1.29 is 4.79 Å². The van der Waals surface area contributed by atoms with E-state index in [0.29, 0.717) is 19.5 Å². The predicted molar refractivity (Wildman–Crippen MR) is 95.8 cm³/mol. The average molecular weight is 331 g/mol. The molecule has 122 valence electrons. The number of hydrogen-bond acceptors (Lipinski definition) is 2. The Morgan fingerprint density at radius 3 is 2.22 bits per heavy atom. The summed E-state index contributed by atoms with van der Waals surface area (Å²) in [6.45, 7) is 2.25. The first-order chi connectivity index (χ1) is 11.2. The number of rotatable bonds is 9. The zero-order valence-corrected chi connectivity index (χ0v) is 14.0. The number of carbonyl (C=O) groups is 1. The maximum atomic E-state index is 11.7. The fourth-order valence-electron chi connectivity index (χ4n) is 2.29. The largest absolute Gasteiger partial charge is 0.356 e. The van der Waals surface area contributed by atoms with Gasteiger partial charge in [0.05, 0.1) is 0 Å². The second-order valence-electron chi connectivity index (χ2n) is 5.46.